The van der Waals surface area contributed by atoms with Crippen molar-refractivity contribution in [2.24, 2.45) is 10.9 Å². The van der Waals surface area contributed by atoms with Crippen molar-refractivity contribution in [1.82, 2.24) is 15.2 Å². The largest absolute Gasteiger partial charge is 0.375 e. The molecule has 0 radical (unpaired) electrons. The zero-order valence-corrected chi connectivity index (χ0v) is 16.8. The molecule has 1 aromatic heterocycles. The molecule has 1 aliphatic carbocycles. The second-order valence-corrected chi connectivity index (χ2v) is 7.90. The van der Waals surface area contributed by atoms with Gasteiger partial charge in [0.05, 0.1) is 24.8 Å². The summed E-state index contributed by atoms with van der Waals surface area (Å²) in [6.07, 6.45) is 7.30. The van der Waals surface area contributed by atoms with Gasteiger partial charge in [0.15, 0.2) is 0 Å². The van der Waals surface area contributed by atoms with Crippen molar-refractivity contribution in [2.45, 2.75) is 44.9 Å². The molecular formula is C21H27N5O3. The lowest BCUT2D eigenvalue weighted by Crippen LogP contribution is -2.51. The fourth-order valence-corrected chi connectivity index (χ4v) is 3.68. The molecule has 2 N–H and O–H groups in total. The van der Waals surface area contributed by atoms with Gasteiger partial charge in [-0.25, -0.2) is 4.98 Å². The predicted octanol–water partition coefficient (Wildman–Crippen LogP) is 1.61. The normalized spacial score (nSPS) is 26.6. The van der Waals surface area contributed by atoms with Crippen LogP contribution in [-0.4, -0.2) is 65.8 Å². The summed E-state index contributed by atoms with van der Waals surface area (Å²) >= 11 is 0. The number of hydrogen-bond donors (Lipinski definition) is 2. The molecule has 2 unspecified atom stereocenters. The fraction of sp³-hybridized carbons (Fsp3) is 0.524. The number of ether oxygens (including phenoxy) is 1. The summed E-state index contributed by atoms with van der Waals surface area (Å²) in [4.78, 5) is 35.8. The minimum atomic E-state index is -0.226. The summed E-state index contributed by atoms with van der Waals surface area (Å²) in [5.74, 6) is 0.244. The molecule has 3 heterocycles. The summed E-state index contributed by atoms with van der Waals surface area (Å²) in [6, 6.07) is 2.97. The number of rotatable bonds is 5. The van der Waals surface area contributed by atoms with E-state index in [0.29, 0.717) is 18.0 Å². The van der Waals surface area contributed by atoms with Crippen LogP contribution in [0.1, 0.15) is 37.0 Å². The summed E-state index contributed by atoms with van der Waals surface area (Å²) in [5.41, 5.74) is 1.51. The van der Waals surface area contributed by atoms with E-state index in [0.717, 1.165) is 31.6 Å². The van der Waals surface area contributed by atoms with Gasteiger partial charge in [0.2, 0.25) is 5.91 Å². The van der Waals surface area contributed by atoms with Crippen LogP contribution >= 0.6 is 0 Å². The van der Waals surface area contributed by atoms with Crippen molar-refractivity contribution in [3.05, 3.63) is 35.7 Å². The zero-order valence-electron chi connectivity index (χ0n) is 16.8. The van der Waals surface area contributed by atoms with Crippen LogP contribution in [0.4, 0.5) is 5.82 Å². The molecule has 1 saturated carbocycles. The van der Waals surface area contributed by atoms with Gasteiger partial charge in [-0.05, 0) is 44.9 Å². The Balaban J connectivity index is 1.46. The number of carbonyl (C=O) groups excluding carboxylic acids is 2. The van der Waals surface area contributed by atoms with Crippen LogP contribution in [0, 0.1) is 5.92 Å². The van der Waals surface area contributed by atoms with Crippen LogP contribution < -0.4 is 10.6 Å². The van der Waals surface area contributed by atoms with E-state index in [2.05, 4.69) is 32.4 Å². The molecule has 8 nitrogen and oxygen atoms in total. The molecule has 2 aliphatic heterocycles. The van der Waals surface area contributed by atoms with Crippen molar-refractivity contribution in [2.75, 3.05) is 25.0 Å². The summed E-state index contributed by atoms with van der Waals surface area (Å²) < 4.78 is 5.65. The number of nitrogens with one attached hydrogen (secondary N) is 2. The average Bonchev–Trinajstić information content (AvgIpc) is 3.55. The van der Waals surface area contributed by atoms with Gasteiger partial charge in [0.1, 0.15) is 5.82 Å². The van der Waals surface area contributed by atoms with Crippen LogP contribution in [0.2, 0.25) is 0 Å². The highest BCUT2D eigenvalue weighted by Crippen LogP contribution is 2.30. The number of morpholine rings is 1. The van der Waals surface area contributed by atoms with Gasteiger partial charge in [0.25, 0.3) is 5.91 Å². The minimum absolute atomic E-state index is 0.0306. The molecule has 2 amide bonds. The van der Waals surface area contributed by atoms with Gasteiger partial charge in [-0.3, -0.25) is 14.6 Å². The lowest BCUT2D eigenvalue weighted by Gasteiger charge is -2.39. The van der Waals surface area contributed by atoms with Gasteiger partial charge in [0, 0.05) is 42.7 Å². The molecule has 0 spiro atoms. The molecule has 3 aliphatic rings. The molecule has 2 fully saturated rings. The first-order chi connectivity index (χ1) is 14.0. The maximum Gasteiger partial charge on any atom is 0.252 e. The first kappa shape index (κ1) is 19.6. The van der Waals surface area contributed by atoms with Gasteiger partial charge in [-0.15, -0.1) is 0 Å². The van der Waals surface area contributed by atoms with Crippen LogP contribution in [0.3, 0.4) is 0 Å². The molecule has 154 valence electrons. The number of anilines is 1. The molecule has 0 bridgehead atoms. The van der Waals surface area contributed by atoms with E-state index in [1.54, 1.807) is 24.5 Å². The topological polar surface area (TPSA) is 95.9 Å². The zero-order chi connectivity index (χ0) is 20.4. The molecule has 3 atom stereocenters. The standard InChI is InChI=1S/C21H27N5O3/c1-13-12-26(9-10-29-13)17-6-8-22-14(2)19(17)25-21(28)16-5-7-23-18(11-16)24-20(27)15-3-4-15/h5-8,11,13-15,19H,3-4,9-10,12H2,1-2H3,(H,25,28)(H,23,24,27)/t13-,14?,19?/m1/s1. The number of amides is 2. The van der Waals surface area contributed by atoms with E-state index >= 15 is 0 Å². The monoisotopic (exact) mass is 397 g/mol. The number of carbonyl (C=O) groups is 2. The van der Waals surface area contributed by atoms with Crippen molar-refractivity contribution < 1.29 is 14.3 Å². The number of aromatic nitrogens is 1. The number of nitrogens with zero attached hydrogens (tertiary/aromatic N) is 3. The summed E-state index contributed by atoms with van der Waals surface area (Å²) in [7, 11) is 0. The number of pyridine rings is 1. The van der Waals surface area contributed by atoms with Crippen molar-refractivity contribution in [1.29, 1.82) is 0 Å². The van der Waals surface area contributed by atoms with Crippen molar-refractivity contribution in [3.63, 3.8) is 0 Å². The maximum atomic E-state index is 13.0. The van der Waals surface area contributed by atoms with Gasteiger partial charge in [-0.2, -0.15) is 0 Å². The average molecular weight is 397 g/mol. The Kier molecular flexibility index (Phi) is 5.62. The summed E-state index contributed by atoms with van der Waals surface area (Å²) in [5, 5.41) is 5.91. The maximum absolute atomic E-state index is 13.0. The molecule has 0 aromatic carbocycles. The Labute approximate surface area is 170 Å². The van der Waals surface area contributed by atoms with Crippen molar-refractivity contribution in [3.8, 4) is 0 Å². The summed E-state index contributed by atoms with van der Waals surface area (Å²) in [6.45, 7) is 6.28. The number of allylic oxidation sites excluding steroid dienone is 1. The van der Waals surface area contributed by atoms with E-state index in [4.69, 9.17) is 4.74 Å². The quantitative estimate of drug-likeness (QED) is 0.787. The Morgan fingerprint density at radius 2 is 2.10 bits per heavy atom. The third kappa shape index (κ3) is 4.64. The first-order valence-electron chi connectivity index (χ1n) is 10.2. The van der Waals surface area contributed by atoms with Crippen LogP contribution in [0.5, 0.6) is 0 Å². The number of hydrogen-bond acceptors (Lipinski definition) is 6. The third-order valence-corrected chi connectivity index (χ3v) is 5.48. The Morgan fingerprint density at radius 3 is 2.86 bits per heavy atom. The highest BCUT2D eigenvalue weighted by Gasteiger charge is 2.32. The Hall–Kier alpha value is -2.74. The SMILES string of the molecule is CC1N=CC=C(N2CCO[C@H](C)C2)C1NC(=O)c1ccnc(NC(=O)C2CC2)c1. The van der Waals surface area contributed by atoms with Crippen molar-refractivity contribution >= 4 is 23.8 Å². The molecule has 4 rings (SSSR count). The molecule has 8 heteroatoms. The fourth-order valence-electron chi connectivity index (χ4n) is 3.68. The van der Waals surface area contributed by atoms with Gasteiger partial charge >= 0.3 is 0 Å². The minimum Gasteiger partial charge on any atom is -0.375 e. The lowest BCUT2D eigenvalue weighted by atomic mass is 10.0. The van der Waals surface area contributed by atoms with Crippen LogP contribution in [0.25, 0.3) is 0 Å². The highest BCUT2D eigenvalue weighted by atomic mass is 16.5. The second-order valence-electron chi connectivity index (χ2n) is 7.90. The number of dihydropyridines is 1. The molecular weight excluding hydrogens is 370 g/mol. The molecule has 1 saturated heterocycles. The Morgan fingerprint density at radius 1 is 1.28 bits per heavy atom. The highest BCUT2D eigenvalue weighted by molar-refractivity contribution is 5.97. The van der Waals surface area contributed by atoms with Gasteiger partial charge in [-0.1, -0.05) is 0 Å². The predicted molar refractivity (Wildman–Crippen MR) is 110 cm³/mol. The Bertz CT molecular complexity index is 848. The first-order valence-corrected chi connectivity index (χ1v) is 10.2. The van der Waals surface area contributed by atoms with E-state index in [1.165, 1.54) is 0 Å². The van der Waals surface area contributed by atoms with Gasteiger partial charge < -0.3 is 20.3 Å². The molecule has 1 aromatic rings. The lowest BCUT2D eigenvalue weighted by molar-refractivity contribution is -0.117. The smallest absolute Gasteiger partial charge is 0.252 e. The van der Waals surface area contributed by atoms with E-state index in [1.807, 2.05) is 13.0 Å². The van der Waals surface area contributed by atoms with E-state index < -0.39 is 0 Å². The van der Waals surface area contributed by atoms with Crippen LogP contribution in [0.15, 0.2) is 35.1 Å². The van der Waals surface area contributed by atoms with Crippen LogP contribution in [-0.2, 0) is 9.53 Å². The molecule has 29 heavy (non-hydrogen) atoms. The van der Waals surface area contributed by atoms with E-state index in [-0.39, 0.29) is 35.9 Å². The third-order valence-electron chi connectivity index (χ3n) is 5.48. The second kappa shape index (κ2) is 8.32. The number of aliphatic imine (C=N–C) groups is 1. The van der Waals surface area contributed by atoms with E-state index in [9.17, 15) is 9.59 Å².